The molecule has 0 bridgehead atoms. The smallest absolute Gasteiger partial charge is 0.407 e. The minimum Gasteiger partial charge on any atom is -0.444 e. The second-order valence-corrected chi connectivity index (χ2v) is 4.87. The van der Waals surface area contributed by atoms with E-state index in [0.717, 1.165) is 6.42 Å². The molecule has 0 radical (unpaired) electrons. The SMILES string of the molecule is CC(C)(C)OC(=O)N[C@@H]1CNC(CO)C1. The predicted molar refractivity (Wildman–Crippen MR) is 56.7 cm³/mol. The Hall–Kier alpha value is -0.810. The largest absolute Gasteiger partial charge is 0.444 e. The number of nitrogens with one attached hydrogen (secondary N) is 2. The van der Waals surface area contributed by atoms with Crippen molar-refractivity contribution in [3.8, 4) is 0 Å². The lowest BCUT2D eigenvalue weighted by atomic mass is 10.2. The number of carbonyl (C=O) groups is 1. The van der Waals surface area contributed by atoms with Gasteiger partial charge in [-0.1, -0.05) is 0 Å². The van der Waals surface area contributed by atoms with E-state index in [0.29, 0.717) is 6.54 Å². The molecule has 0 aromatic rings. The van der Waals surface area contributed by atoms with Gasteiger partial charge in [-0.15, -0.1) is 0 Å². The number of aliphatic hydroxyl groups is 1. The molecule has 1 unspecified atom stereocenters. The maximum Gasteiger partial charge on any atom is 0.407 e. The lowest BCUT2D eigenvalue weighted by Crippen LogP contribution is -2.40. The molecule has 1 aliphatic heterocycles. The standard InChI is InChI=1S/C10H20N2O3/c1-10(2,3)15-9(14)12-7-4-8(6-13)11-5-7/h7-8,11,13H,4-6H2,1-3H3,(H,12,14)/t7-,8?/m0/s1. The second kappa shape index (κ2) is 4.81. The maximum atomic E-state index is 11.4. The van der Waals surface area contributed by atoms with Crippen molar-refractivity contribution < 1.29 is 14.6 Å². The van der Waals surface area contributed by atoms with E-state index in [1.165, 1.54) is 0 Å². The molecule has 0 spiro atoms. The zero-order chi connectivity index (χ0) is 11.5. The molecule has 5 heteroatoms. The van der Waals surface area contributed by atoms with Crippen molar-refractivity contribution in [2.75, 3.05) is 13.2 Å². The molecule has 88 valence electrons. The molecule has 2 atom stereocenters. The average molecular weight is 216 g/mol. The highest BCUT2D eigenvalue weighted by molar-refractivity contribution is 5.68. The monoisotopic (exact) mass is 216 g/mol. The van der Waals surface area contributed by atoms with Gasteiger partial charge in [-0.25, -0.2) is 4.79 Å². The van der Waals surface area contributed by atoms with E-state index in [2.05, 4.69) is 10.6 Å². The van der Waals surface area contributed by atoms with Crippen LogP contribution >= 0.6 is 0 Å². The Balaban J connectivity index is 2.28. The first-order valence-corrected chi connectivity index (χ1v) is 5.24. The molecule has 1 amide bonds. The molecule has 1 fully saturated rings. The summed E-state index contributed by atoms with van der Waals surface area (Å²) in [6.07, 6.45) is 0.350. The Bertz CT molecular complexity index is 225. The Kier molecular flexibility index (Phi) is 3.93. The third-order valence-electron chi connectivity index (χ3n) is 2.16. The van der Waals surface area contributed by atoms with Gasteiger partial charge in [0.2, 0.25) is 0 Å². The molecule has 0 saturated carbocycles. The molecule has 0 aromatic carbocycles. The fourth-order valence-electron chi connectivity index (χ4n) is 1.54. The number of carbonyl (C=O) groups excluding carboxylic acids is 1. The van der Waals surface area contributed by atoms with E-state index >= 15 is 0 Å². The van der Waals surface area contributed by atoms with Crippen molar-refractivity contribution in [3.05, 3.63) is 0 Å². The summed E-state index contributed by atoms with van der Waals surface area (Å²) in [6.45, 7) is 6.28. The highest BCUT2D eigenvalue weighted by Crippen LogP contribution is 2.09. The predicted octanol–water partition coefficient (Wildman–Crippen LogP) is 0.234. The summed E-state index contributed by atoms with van der Waals surface area (Å²) in [7, 11) is 0. The zero-order valence-electron chi connectivity index (χ0n) is 9.54. The van der Waals surface area contributed by atoms with Crippen LogP contribution in [0.15, 0.2) is 0 Å². The maximum absolute atomic E-state index is 11.4. The van der Waals surface area contributed by atoms with E-state index in [1.54, 1.807) is 0 Å². The van der Waals surface area contributed by atoms with Crippen molar-refractivity contribution in [1.29, 1.82) is 0 Å². The molecule has 1 aliphatic rings. The van der Waals surface area contributed by atoms with Crippen LogP contribution in [0, 0.1) is 0 Å². The number of hydrogen-bond acceptors (Lipinski definition) is 4. The molecule has 1 heterocycles. The summed E-state index contributed by atoms with van der Waals surface area (Å²) in [4.78, 5) is 11.4. The Labute approximate surface area is 90.2 Å². The number of ether oxygens (including phenoxy) is 1. The first-order valence-electron chi connectivity index (χ1n) is 5.24. The molecule has 0 aliphatic carbocycles. The van der Waals surface area contributed by atoms with E-state index in [9.17, 15) is 4.79 Å². The Morgan fingerprint density at radius 1 is 1.60 bits per heavy atom. The lowest BCUT2D eigenvalue weighted by molar-refractivity contribution is 0.0507. The Morgan fingerprint density at radius 3 is 2.73 bits per heavy atom. The molecule has 15 heavy (non-hydrogen) atoms. The third-order valence-corrected chi connectivity index (χ3v) is 2.16. The topological polar surface area (TPSA) is 70.6 Å². The van der Waals surface area contributed by atoms with Gasteiger partial charge in [-0.2, -0.15) is 0 Å². The molecule has 5 nitrogen and oxygen atoms in total. The second-order valence-electron chi connectivity index (χ2n) is 4.87. The summed E-state index contributed by atoms with van der Waals surface area (Å²) < 4.78 is 5.13. The van der Waals surface area contributed by atoms with Gasteiger partial charge in [0.15, 0.2) is 0 Å². The molecular formula is C10H20N2O3. The number of amides is 1. The van der Waals surface area contributed by atoms with Crippen LogP contribution in [-0.2, 0) is 4.74 Å². The van der Waals surface area contributed by atoms with Crippen LogP contribution in [0.2, 0.25) is 0 Å². The Morgan fingerprint density at radius 2 is 2.27 bits per heavy atom. The summed E-state index contributed by atoms with van der Waals surface area (Å²) >= 11 is 0. The summed E-state index contributed by atoms with van der Waals surface area (Å²) in [5, 5.41) is 14.8. The average Bonchev–Trinajstić information content (AvgIpc) is 2.48. The van der Waals surface area contributed by atoms with Crippen molar-refractivity contribution in [3.63, 3.8) is 0 Å². The molecule has 1 rings (SSSR count). The van der Waals surface area contributed by atoms with Crippen LogP contribution in [-0.4, -0.2) is 42.0 Å². The molecular weight excluding hydrogens is 196 g/mol. The van der Waals surface area contributed by atoms with Crippen LogP contribution in [0.3, 0.4) is 0 Å². The van der Waals surface area contributed by atoms with Gasteiger partial charge < -0.3 is 20.5 Å². The highest BCUT2D eigenvalue weighted by atomic mass is 16.6. The lowest BCUT2D eigenvalue weighted by Gasteiger charge is -2.21. The summed E-state index contributed by atoms with van der Waals surface area (Å²) in [5.41, 5.74) is -0.466. The van der Waals surface area contributed by atoms with Crippen molar-refractivity contribution in [1.82, 2.24) is 10.6 Å². The van der Waals surface area contributed by atoms with Crippen LogP contribution in [0.25, 0.3) is 0 Å². The van der Waals surface area contributed by atoms with Gasteiger partial charge in [0.1, 0.15) is 5.60 Å². The zero-order valence-corrected chi connectivity index (χ0v) is 9.54. The van der Waals surface area contributed by atoms with Crippen LogP contribution < -0.4 is 10.6 Å². The fraction of sp³-hybridized carbons (Fsp3) is 0.900. The van der Waals surface area contributed by atoms with Gasteiger partial charge in [-0.05, 0) is 27.2 Å². The third kappa shape index (κ3) is 4.48. The minimum absolute atomic E-state index is 0.0528. The number of hydrogen-bond donors (Lipinski definition) is 3. The molecule has 1 saturated heterocycles. The first-order chi connectivity index (χ1) is 6.90. The summed E-state index contributed by atoms with van der Waals surface area (Å²) in [6, 6.07) is 0.141. The van der Waals surface area contributed by atoms with Crippen LogP contribution in [0.4, 0.5) is 4.79 Å². The van der Waals surface area contributed by atoms with Gasteiger partial charge in [0.25, 0.3) is 0 Å². The van der Waals surface area contributed by atoms with Crippen molar-refractivity contribution >= 4 is 6.09 Å². The highest BCUT2D eigenvalue weighted by Gasteiger charge is 2.26. The van der Waals surface area contributed by atoms with Gasteiger partial charge >= 0.3 is 6.09 Å². The van der Waals surface area contributed by atoms with Gasteiger partial charge in [0, 0.05) is 18.6 Å². The van der Waals surface area contributed by atoms with E-state index in [1.807, 2.05) is 20.8 Å². The van der Waals surface area contributed by atoms with Gasteiger partial charge in [-0.3, -0.25) is 0 Å². The summed E-state index contributed by atoms with van der Waals surface area (Å²) in [5.74, 6) is 0. The number of aliphatic hydroxyl groups excluding tert-OH is 1. The number of rotatable bonds is 2. The molecule has 0 aromatic heterocycles. The molecule has 3 N–H and O–H groups in total. The van der Waals surface area contributed by atoms with E-state index < -0.39 is 11.7 Å². The quantitative estimate of drug-likeness (QED) is 0.618. The normalized spacial score (nSPS) is 26.4. The van der Waals surface area contributed by atoms with E-state index in [4.69, 9.17) is 9.84 Å². The van der Waals surface area contributed by atoms with Gasteiger partial charge in [0.05, 0.1) is 6.61 Å². The van der Waals surface area contributed by atoms with Crippen LogP contribution in [0.1, 0.15) is 27.2 Å². The fourth-order valence-corrected chi connectivity index (χ4v) is 1.54. The first kappa shape index (κ1) is 12.3. The van der Waals surface area contributed by atoms with Crippen molar-refractivity contribution in [2.45, 2.75) is 44.9 Å². The van der Waals surface area contributed by atoms with E-state index in [-0.39, 0.29) is 18.7 Å². The number of alkyl carbamates (subject to hydrolysis) is 1. The minimum atomic E-state index is -0.466. The van der Waals surface area contributed by atoms with Crippen LogP contribution in [0.5, 0.6) is 0 Å². The van der Waals surface area contributed by atoms with Crippen molar-refractivity contribution in [2.24, 2.45) is 0 Å².